The Morgan fingerprint density at radius 3 is 2.43 bits per heavy atom. The van der Waals surface area contributed by atoms with Crippen LogP contribution in [0.15, 0.2) is 54.6 Å². The molecule has 0 saturated heterocycles. The summed E-state index contributed by atoms with van der Waals surface area (Å²) in [6, 6.07) is 15.6. The summed E-state index contributed by atoms with van der Waals surface area (Å²) >= 11 is 0. The summed E-state index contributed by atoms with van der Waals surface area (Å²) in [6.45, 7) is 3.63. The molecule has 0 radical (unpaired) electrons. The molecule has 0 aliphatic rings. The van der Waals surface area contributed by atoms with Crippen molar-refractivity contribution in [1.29, 1.82) is 0 Å². The molecule has 0 bridgehead atoms. The average Bonchev–Trinajstić information content (AvgIpc) is 3.03. The lowest BCUT2D eigenvalue weighted by Crippen LogP contribution is -2.46. The number of hydrogen-bond acceptors (Lipinski definition) is 4. The van der Waals surface area contributed by atoms with E-state index in [-0.39, 0.29) is 13.0 Å². The Bertz CT molecular complexity index is 1010. The Labute approximate surface area is 162 Å². The fourth-order valence-electron chi connectivity index (χ4n) is 3.19. The second-order valence-electron chi connectivity index (χ2n) is 6.47. The molecule has 0 saturated carbocycles. The van der Waals surface area contributed by atoms with E-state index in [2.05, 4.69) is 10.3 Å². The van der Waals surface area contributed by atoms with Gasteiger partial charge in [0.25, 0.3) is 11.7 Å². The second-order valence-corrected chi connectivity index (χ2v) is 6.47. The van der Waals surface area contributed by atoms with Crippen LogP contribution in [0.1, 0.15) is 28.5 Å². The molecule has 0 unspecified atom stereocenters. The van der Waals surface area contributed by atoms with Crippen LogP contribution in [-0.2, 0) is 20.7 Å². The average molecular weight is 378 g/mol. The Morgan fingerprint density at radius 2 is 1.71 bits per heavy atom. The fourth-order valence-corrected chi connectivity index (χ4v) is 3.19. The van der Waals surface area contributed by atoms with Gasteiger partial charge in [-0.3, -0.25) is 9.59 Å². The van der Waals surface area contributed by atoms with Crippen LogP contribution in [0.3, 0.4) is 0 Å². The fraction of sp³-hybridized carbons (Fsp3) is 0.227. The van der Waals surface area contributed by atoms with E-state index < -0.39 is 23.7 Å². The molecule has 0 aliphatic heterocycles. The number of aromatic amines is 1. The van der Waals surface area contributed by atoms with E-state index in [1.807, 2.05) is 42.5 Å². The maximum atomic E-state index is 12.8. The molecule has 144 valence electrons. The number of para-hydroxylation sites is 1. The minimum Gasteiger partial charge on any atom is -0.464 e. The van der Waals surface area contributed by atoms with Crippen LogP contribution in [0, 0.1) is 6.92 Å². The van der Waals surface area contributed by atoms with Crippen molar-refractivity contribution >= 4 is 28.6 Å². The number of aryl methyl sites for hydroxylation is 1. The van der Waals surface area contributed by atoms with Gasteiger partial charge < -0.3 is 15.0 Å². The lowest BCUT2D eigenvalue weighted by atomic mass is 10.0. The largest absolute Gasteiger partial charge is 0.464 e. The number of carbonyl (C=O) groups is 3. The highest BCUT2D eigenvalue weighted by Crippen LogP contribution is 2.22. The lowest BCUT2D eigenvalue weighted by molar-refractivity contribution is -0.146. The van der Waals surface area contributed by atoms with Crippen molar-refractivity contribution in [3.8, 4) is 0 Å². The van der Waals surface area contributed by atoms with Gasteiger partial charge in [-0.05, 0) is 25.5 Å². The SMILES string of the molecule is CCOC(=O)[C@H](Cc1ccccc1)NC(=O)C(=O)c1c(C)[nH]c2ccccc12. The third-order valence-electron chi connectivity index (χ3n) is 4.49. The first-order valence-electron chi connectivity index (χ1n) is 9.14. The highest BCUT2D eigenvalue weighted by molar-refractivity contribution is 6.45. The van der Waals surface area contributed by atoms with Gasteiger partial charge in [0.15, 0.2) is 0 Å². The molecule has 1 atom stereocenters. The summed E-state index contributed by atoms with van der Waals surface area (Å²) < 4.78 is 5.07. The molecule has 1 aromatic heterocycles. The van der Waals surface area contributed by atoms with Crippen LogP contribution in [0.25, 0.3) is 10.9 Å². The third-order valence-corrected chi connectivity index (χ3v) is 4.49. The predicted octanol–water partition coefficient (Wildman–Crippen LogP) is 2.95. The Morgan fingerprint density at radius 1 is 1.04 bits per heavy atom. The van der Waals surface area contributed by atoms with Gasteiger partial charge in [-0.1, -0.05) is 48.5 Å². The van der Waals surface area contributed by atoms with Crippen molar-refractivity contribution in [2.75, 3.05) is 6.61 Å². The van der Waals surface area contributed by atoms with Crippen molar-refractivity contribution in [3.63, 3.8) is 0 Å². The second kappa shape index (κ2) is 8.52. The maximum Gasteiger partial charge on any atom is 0.328 e. The van der Waals surface area contributed by atoms with Crippen molar-refractivity contribution in [2.45, 2.75) is 26.3 Å². The summed E-state index contributed by atoms with van der Waals surface area (Å²) in [5, 5.41) is 3.23. The van der Waals surface area contributed by atoms with E-state index in [4.69, 9.17) is 4.74 Å². The molecule has 2 N–H and O–H groups in total. The van der Waals surface area contributed by atoms with Crippen LogP contribution in [-0.4, -0.2) is 35.3 Å². The van der Waals surface area contributed by atoms with Gasteiger partial charge in [0.2, 0.25) is 0 Å². The summed E-state index contributed by atoms with van der Waals surface area (Å²) in [5.41, 5.74) is 2.56. The van der Waals surface area contributed by atoms with Crippen LogP contribution in [0.2, 0.25) is 0 Å². The van der Waals surface area contributed by atoms with Gasteiger partial charge in [0, 0.05) is 23.0 Å². The smallest absolute Gasteiger partial charge is 0.328 e. The molecule has 28 heavy (non-hydrogen) atoms. The van der Waals surface area contributed by atoms with Crippen molar-refractivity contribution in [2.24, 2.45) is 0 Å². The zero-order chi connectivity index (χ0) is 20.1. The van der Waals surface area contributed by atoms with Crippen LogP contribution in [0.4, 0.5) is 0 Å². The zero-order valence-electron chi connectivity index (χ0n) is 15.8. The third kappa shape index (κ3) is 4.11. The highest BCUT2D eigenvalue weighted by Gasteiger charge is 2.28. The van der Waals surface area contributed by atoms with Crippen LogP contribution < -0.4 is 5.32 Å². The number of esters is 1. The summed E-state index contributed by atoms with van der Waals surface area (Å²) in [7, 11) is 0. The number of ether oxygens (including phenoxy) is 1. The number of Topliss-reactive ketones (excluding diaryl/α,β-unsaturated/α-hetero) is 1. The number of carbonyl (C=O) groups excluding carboxylic acids is 3. The molecule has 0 aliphatic carbocycles. The first-order valence-corrected chi connectivity index (χ1v) is 9.14. The Balaban J connectivity index is 1.83. The molecule has 3 rings (SSSR count). The standard InChI is InChI=1S/C22H22N2O4/c1-3-28-22(27)18(13-15-9-5-4-6-10-15)24-21(26)20(25)19-14(2)23-17-12-8-7-11-16(17)19/h4-12,18,23H,3,13H2,1-2H3,(H,24,26)/t18-/m0/s1. The molecule has 1 amide bonds. The van der Waals surface area contributed by atoms with Crippen LogP contribution >= 0.6 is 0 Å². The number of amides is 1. The number of hydrogen-bond donors (Lipinski definition) is 2. The van der Waals surface area contributed by atoms with E-state index in [9.17, 15) is 14.4 Å². The first kappa shape index (κ1) is 19.4. The summed E-state index contributed by atoms with van der Waals surface area (Å²) in [6.07, 6.45) is 0.242. The molecule has 0 fully saturated rings. The number of H-pyrrole nitrogens is 1. The Hall–Kier alpha value is -3.41. The van der Waals surface area contributed by atoms with E-state index in [0.717, 1.165) is 11.1 Å². The van der Waals surface area contributed by atoms with Crippen molar-refractivity contribution < 1.29 is 19.1 Å². The van der Waals surface area contributed by atoms with Gasteiger partial charge in [0.1, 0.15) is 6.04 Å². The molecular formula is C22H22N2O4. The van der Waals surface area contributed by atoms with Crippen molar-refractivity contribution in [1.82, 2.24) is 10.3 Å². The van der Waals surface area contributed by atoms with Gasteiger partial charge in [-0.15, -0.1) is 0 Å². The molecule has 0 spiro atoms. The molecule has 3 aromatic rings. The molecule has 1 heterocycles. The van der Waals surface area contributed by atoms with Gasteiger partial charge in [-0.2, -0.15) is 0 Å². The highest BCUT2D eigenvalue weighted by atomic mass is 16.5. The molecule has 2 aromatic carbocycles. The predicted molar refractivity (Wildman–Crippen MR) is 106 cm³/mol. The van der Waals surface area contributed by atoms with Gasteiger partial charge in [0.05, 0.1) is 12.2 Å². The molecule has 6 nitrogen and oxygen atoms in total. The van der Waals surface area contributed by atoms with E-state index >= 15 is 0 Å². The van der Waals surface area contributed by atoms with Crippen molar-refractivity contribution in [3.05, 3.63) is 71.4 Å². The maximum absolute atomic E-state index is 12.8. The normalized spacial score (nSPS) is 11.8. The molecule has 6 heteroatoms. The van der Waals surface area contributed by atoms with E-state index in [0.29, 0.717) is 16.6 Å². The van der Waals surface area contributed by atoms with Gasteiger partial charge >= 0.3 is 5.97 Å². The van der Waals surface area contributed by atoms with Crippen LogP contribution in [0.5, 0.6) is 0 Å². The Kier molecular flexibility index (Phi) is 5.89. The number of ketones is 1. The topological polar surface area (TPSA) is 88.3 Å². The minimum atomic E-state index is -0.940. The lowest BCUT2D eigenvalue weighted by Gasteiger charge is -2.17. The number of rotatable bonds is 7. The minimum absolute atomic E-state index is 0.190. The number of benzene rings is 2. The number of nitrogens with one attached hydrogen (secondary N) is 2. The van der Waals surface area contributed by atoms with Gasteiger partial charge in [-0.25, -0.2) is 4.79 Å². The zero-order valence-corrected chi connectivity index (χ0v) is 15.8. The number of aromatic nitrogens is 1. The summed E-state index contributed by atoms with van der Waals surface area (Å²) in [5.74, 6) is -2.08. The first-order chi connectivity index (χ1) is 13.5. The monoisotopic (exact) mass is 378 g/mol. The summed E-state index contributed by atoms with van der Waals surface area (Å²) in [4.78, 5) is 40.9. The van der Waals surface area contributed by atoms with E-state index in [1.165, 1.54) is 0 Å². The number of fused-ring (bicyclic) bond motifs is 1. The quantitative estimate of drug-likeness (QED) is 0.376. The van der Waals surface area contributed by atoms with E-state index in [1.54, 1.807) is 26.0 Å². The molecular weight excluding hydrogens is 356 g/mol.